The number of aliphatic hydroxyl groups excluding tert-OH is 1. The topological polar surface area (TPSA) is 23.5 Å². The van der Waals surface area contributed by atoms with Crippen molar-refractivity contribution in [3.63, 3.8) is 0 Å². The Balaban J connectivity index is 2.55. The molecule has 1 aliphatic rings. The summed E-state index contributed by atoms with van der Waals surface area (Å²) in [5.74, 6) is 0. The van der Waals surface area contributed by atoms with E-state index in [2.05, 4.69) is 25.3 Å². The second-order valence-corrected chi connectivity index (χ2v) is 5.04. The maximum Gasteiger partial charge on any atom is 0.0610 e. The average molecular weight is 238 g/mol. The second-order valence-electron chi connectivity index (χ2n) is 4.61. The number of allylic oxidation sites excluding steroid dienone is 1. The molecule has 0 unspecified atom stereocenters. The predicted octanol–water partition coefficient (Wildman–Crippen LogP) is 2.94. The van der Waals surface area contributed by atoms with Crippen molar-refractivity contribution in [3.8, 4) is 0 Å². The first-order valence-electron chi connectivity index (χ1n) is 5.36. The molecule has 0 aromatic heterocycles. The number of aliphatic hydroxyl groups is 1. The van der Waals surface area contributed by atoms with Crippen LogP contribution in [0.25, 0.3) is 0 Å². The summed E-state index contributed by atoms with van der Waals surface area (Å²) in [6, 6.07) is 5.85. The Bertz CT molecular complexity index is 440. The van der Waals surface area contributed by atoms with Crippen molar-refractivity contribution < 1.29 is 5.11 Å². The Morgan fingerprint density at radius 3 is 2.75 bits per heavy atom. The van der Waals surface area contributed by atoms with Crippen LogP contribution in [0.4, 0.5) is 5.69 Å². The maximum absolute atomic E-state index is 9.09. The SMILES string of the molecule is C=C1N(CCO)c2ccc(Cl)cc2C1(C)C. The standard InChI is InChI=1S/C13H16ClNO/c1-9-13(2,3)11-8-10(14)4-5-12(11)15(9)6-7-16/h4-5,8,16H,1,6-7H2,2-3H3. The summed E-state index contributed by atoms with van der Waals surface area (Å²) in [6.45, 7) is 9.08. The van der Waals surface area contributed by atoms with Crippen LogP contribution in [0.1, 0.15) is 19.4 Å². The van der Waals surface area contributed by atoms with Gasteiger partial charge in [-0.1, -0.05) is 32.0 Å². The molecule has 1 heterocycles. The average Bonchev–Trinajstić information content (AvgIpc) is 2.41. The van der Waals surface area contributed by atoms with Crippen LogP contribution in [0, 0.1) is 0 Å². The molecule has 0 saturated heterocycles. The molecule has 1 aromatic carbocycles. The van der Waals surface area contributed by atoms with Crippen molar-refractivity contribution >= 4 is 17.3 Å². The molecule has 86 valence electrons. The van der Waals surface area contributed by atoms with E-state index in [0.29, 0.717) is 6.54 Å². The first kappa shape index (κ1) is 11.5. The van der Waals surface area contributed by atoms with E-state index in [1.54, 1.807) is 0 Å². The fraction of sp³-hybridized carbons (Fsp3) is 0.385. The zero-order valence-electron chi connectivity index (χ0n) is 9.63. The number of hydrogen-bond acceptors (Lipinski definition) is 2. The van der Waals surface area contributed by atoms with Crippen LogP contribution in [-0.2, 0) is 5.41 Å². The molecule has 1 aliphatic heterocycles. The quantitative estimate of drug-likeness (QED) is 0.855. The summed E-state index contributed by atoms with van der Waals surface area (Å²) in [5.41, 5.74) is 3.18. The van der Waals surface area contributed by atoms with E-state index in [4.69, 9.17) is 16.7 Å². The molecular weight excluding hydrogens is 222 g/mol. The molecule has 0 amide bonds. The molecule has 0 fully saturated rings. The summed E-state index contributed by atoms with van der Waals surface area (Å²) in [6.07, 6.45) is 0. The smallest absolute Gasteiger partial charge is 0.0610 e. The number of benzene rings is 1. The van der Waals surface area contributed by atoms with Gasteiger partial charge in [0, 0.05) is 28.4 Å². The fourth-order valence-corrected chi connectivity index (χ4v) is 2.41. The molecule has 0 bridgehead atoms. The predicted molar refractivity (Wildman–Crippen MR) is 68.0 cm³/mol. The summed E-state index contributed by atoms with van der Waals surface area (Å²) in [7, 11) is 0. The van der Waals surface area contributed by atoms with Crippen LogP contribution in [-0.4, -0.2) is 18.3 Å². The molecule has 0 aliphatic carbocycles. The largest absolute Gasteiger partial charge is 0.395 e. The summed E-state index contributed by atoms with van der Waals surface area (Å²) < 4.78 is 0. The van der Waals surface area contributed by atoms with Crippen LogP contribution in [0.2, 0.25) is 5.02 Å². The highest BCUT2D eigenvalue weighted by molar-refractivity contribution is 6.30. The van der Waals surface area contributed by atoms with Crippen LogP contribution in [0.15, 0.2) is 30.5 Å². The summed E-state index contributed by atoms with van der Waals surface area (Å²) in [5, 5.41) is 9.83. The third kappa shape index (κ3) is 1.53. The van der Waals surface area contributed by atoms with Crippen molar-refractivity contribution in [2.24, 2.45) is 0 Å². The van der Waals surface area contributed by atoms with Gasteiger partial charge in [-0.25, -0.2) is 0 Å². The van der Waals surface area contributed by atoms with E-state index in [1.807, 2.05) is 18.2 Å². The van der Waals surface area contributed by atoms with Crippen LogP contribution in [0.5, 0.6) is 0 Å². The Morgan fingerprint density at radius 1 is 1.44 bits per heavy atom. The van der Waals surface area contributed by atoms with Gasteiger partial charge in [-0.05, 0) is 23.8 Å². The van der Waals surface area contributed by atoms with Crippen LogP contribution in [0.3, 0.4) is 0 Å². The molecule has 0 radical (unpaired) electrons. The first-order chi connectivity index (χ1) is 7.48. The third-order valence-corrected chi connectivity index (χ3v) is 3.53. The molecule has 1 N–H and O–H groups in total. The molecule has 3 heteroatoms. The van der Waals surface area contributed by atoms with Gasteiger partial charge in [0.05, 0.1) is 6.61 Å². The number of nitrogens with zero attached hydrogens (tertiary/aromatic N) is 1. The van der Waals surface area contributed by atoms with Crippen molar-refractivity contribution in [3.05, 3.63) is 41.1 Å². The Labute approximate surface area is 101 Å². The molecular formula is C13H16ClNO. The van der Waals surface area contributed by atoms with Gasteiger partial charge in [-0.15, -0.1) is 0 Å². The lowest BCUT2D eigenvalue weighted by Gasteiger charge is -2.25. The summed E-state index contributed by atoms with van der Waals surface area (Å²) in [4.78, 5) is 2.06. The maximum atomic E-state index is 9.09. The van der Waals surface area contributed by atoms with E-state index >= 15 is 0 Å². The zero-order chi connectivity index (χ0) is 11.9. The Kier molecular flexibility index (Phi) is 2.72. The number of β-amino-alcohol motifs (C(OH)–C–C–N with tert-alkyl or cyclic N) is 1. The molecule has 0 saturated carbocycles. The van der Waals surface area contributed by atoms with Gasteiger partial charge >= 0.3 is 0 Å². The molecule has 0 atom stereocenters. The van der Waals surface area contributed by atoms with Crippen molar-refractivity contribution in [1.29, 1.82) is 0 Å². The molecule has 1 aromatic rings. The minimum absolute atomic E-state index is 0.116. The molecule has 16 heavy (non-hydrogen) atoms. The van der Waals surface area contributed by atoms with Crippen molar-refractivity contribution in [2.75, 3.05) is 18.1 Å². The normalized spacial score (nSPS) is 17.8. The highest BCUT2D eigenvalue weighted by Crippen LogP contribution is 2.47. The van der Waals surface area contributed by atoms with E-state index in [-0.39, 0.29) is 12.0 Å². The number of fused-ring (bicyclic) bond motifs is 1. The van der Waals surface area contributed by atoms with Gasteiger partial charge < -0.3 is 10.0 Å². The van der Waals surface area contributed by atoms with Gasteiger partial charge in [0.2, 0.25) is 0 Å². The zero-order valence-corrected chi connectivity index (χ0v) is 10.4. The van der Waals surface area contributed by atoms with Gasteiger partial charge in [-0.3, -0.25) is 0 Å². The highest BCUT2D eigenvalue weighted by Gasteiger charge is 2.38. The van der Waals surface area contributed by atoms with Gasteiger partial charge in [0.15, 0.2) is 0 Å². The Hall–Kier alpha value is -0.990. The minimum atomic E-state index is -0.116. The van der Waals surface area contributed by atoms with Crippen molar-refractivity contribution in [2.45, 2.75) is 19.3 Å². The lowest BCUT2D eigenvalue weighted by molar-refractivity contribution is 0.304. The highest BCUT2D eigenvalue weighted by atomic mass is 35.5. The number of halogens is 1. The number of anilines is 1. The third-order valence-electron chi connectivity index (χ3n) is 3.29. The van der Waals surface area contributed by atoms with E-state index < -0.39 is 0 Å². The minimum Gasteiger partial charge on any atom is -0.395 e. The lowest BCUT2D eigenvalue weighted by atomic mass is 9.84. The number of rotatable bonds is 2. The second kappa shape index (κ2) is 3.79. The fourth-order valence-electron chi connectivity index (χ4n) is 2.24. The first-order valence-corrected chi connectivity index (χ1v) is 5.74. The van der Waals surface area contributed by atoms with Crippen LogP contribution >= 0.6 is 11.6 Å². The van der Waals surface area contributed by atoms with Gasteiger partial charge in [0.25, 0.3) is 0 Å². The molecule has 2 rings (SSSR count). The van der Waals surface area contributed by atoms with Crippen LogP contribution < -0.4 is 4.90 Å². The van der Waals surface area contributed by atoms with E-state index in [0.717, 1.165) is 16.4 Å². The van der Waals surface area contributed by atoms with Crippen molar-refractivity contribution in [1.82, 2.24) is 0 Å². The Morgan fingerprint density at radius 2 is 2.12 bits per heavy atom. The number of hydrogen-bond donors (Lipinski definition) is 1. The van der Waals surface area contributed by atoms with Gasteiger partial charge in [-0.2, -0.15) is 0 Å². The van der Waals surface area contributed by atoms with E-state index in [9.17, 15) is 0 Å². The molecule has 2 nitrogen and oxygen atoms in total. The lowest BCUT2D eigenvalue weighted by Crippen LogP contribution is -2.27. The monoisotopic (exact) mass is 237 g/mol. The van der Waals surface area contributed by atoms with E-state index in [1.165, 1.54) is 5.56 Å². The molecule has 0 spiro atoms. The van der Waals surface area contributed by atoms with Gasteiger partial charge in [0.1, 0.15) is 0 Å². The summed E-state index contributed by atoms with van der Waals surface area (Å²) >= 11 is 6.03.